The van der Waals surface area contributed by atoms with Crippen LogP contribution in [-0.4, -0.2) is 25.8 Å². The fraction of sp³-hybridized carbons (Fsp3) is 0.462. The molecule has 1 heterocycles. The summed E-state index contributed by atoms with van der Waals surface area (Å²) in [5.74, 6) is 0. The highest BCUT2D eigenvalue weighted by Gasteiger charge is 2.21. The van der Waals surface area contributed by atoms with Crippen LogP contribution in [0.4, 0.5) is 5.69 Å². The number of anilines is 1. The van der Waals surface area contributed by atoms with Gasteiger partial charge in [-0.25, -0.2) is 0 Å². The Bertz CT molecular complexity index is 442. The van der Waals surface area contributed by atoms with Gasteiger partial charge in [-0.3, -0.25) is 0 Å². The number of nitrogens with zero attached hydrogens (tertiary/aromatic N) is 2. The minimum atomic E-state index is 0.272. The van der Waals surface area contributed by atoms with Crippen molar-refractivity contribution in [3.8, 4) is 6.07 Å². The van der Waals surface area contributed by atoms with Crippen LogP contribution in [-0.2, 0) is 4.74 Å². The van der Waals surface area contributed by atoms with Crippen molar-refractivity contribution in [3.63, 3.8) is 0 Å². The molecule has 1 fully saturated rings. The van der Waals surface area contributed by atoms with Crippen LogP contribution in [0.1, 0.15) is 18.9 Å². The average molecular weight is 295 g/mol. The molecule has 1 aromatic rings. The first kappa shape index (κ1) is 12.4. The van der Waals surface area contributed by atoms with E-state index in [9.17, 15) is 0 Å². The SMILES string of the molecule is CCC1CN(c2cc(Br)ccc2C#N)CCO1. The summed E-state index contributed by atoms with van der Waals surface area (Å²) in [4.78, 5) is 2.24. The largest absolute Gasteiger partial charge is 0.375 e. The van der Waals surface area contributed by atoms with E-state index in [4.69, 9.17) is 10.00 Å². The van der Waals surface area contributed by atoms with Crippen LogP contribution in [0, 0.1) is 11.3 Å². The summed E-state index contributed by atoms with van der Waals surface area (Å²) in [7, 11) is 0. The van der Waals surface area contributed by atoms with Gasteiger partial charge < -0.3 is 9.64 Å². The van der Waals surface area contributed by atoms with Crippen LogP contribution in [0.2, 0.25) is 0 Å². The molecule has 0 amide bonds. The van der Waals surface area contributed by atoms with Crippen LogP contribution in [0.15, 0.2) is 22.7 Å². The molecule has 1 saturated heterocycles. The lowest BCUT2D eigenvalue weighted by Crippen LogP contribution is -2.42. The van der Waals surface area contributed by atoms with Gasteiger partial charge in [0.05, 0.1) is 24.0 Å². The van der Waals surface area contributed by atoms with Crippen molar-refractivity contribution in [1.82, 2.24) is 0 Å². The number of hydrogen-bond acceptors (Lipinski definition) is 3. The van der Waals surface area contributed by atoms with Crippen molar-refractivity contribution in [2.24, 2.45) is 0 Å². The Hall–Kier alpha value is -1.05. The Morgan fingerprint density at radius 1 is 1.59 bits per heavy atom. The second kappa shape index (κ2) is 5.52. The molecule has 2 rings (SSSR count). The van der Waals surface area contributed by atoms with Gasteiger partial charge in [0.25, 0.3) is 0 Å². The molecule has 0 saturated carbocycles. The fourth-order valence-electron chi connectivity index (χ4n) is 2.05. The van der Waals surface area contributed by atoms with E-state index in [0.29, 0.717) is 0 Å². The molecule has 90 valence electrons. The highest BCUT2D eigenvalue weighted by atomic mass is 79.9. The van der Waals surface area contributed by atoms with Gasteiger partial charge in [0, 0.05) is 17.6 Å². The van der Waals surface area contributed by atoms with Crippen LogP contribution in [0.25, 0.3) is 0 Å². The number of morpholine rings is 1. The molecule has 1 aliphatic heterocycles. The third kappa shape index (κ3) is 2.80. The van der Waals surface area contributed by atoms with Crippen molar-refractivity contribution in [2.75, 3.05) is 24.6 Å². The molecule has 1 aliphatic rings. The topological polar surface area (TPSA) is 36.3 Å². The molecule has 4 heteroatoms. The zero-order chi connectivity index (χ0) is 12.3. The average Bonchev–Trinajstić information content (AvgIpc) is 2.39. The first-order valence-electron chi connectivity index (χ1n) is 5.80. The van der Waals surface area contributed by atoms with E-state index in [1.54, 1.807) is 0 Å². The summed E-state index contributed by atoms with van der Waals surface area (Å²) >= 11 is 3.46. The fourth-order valence-corrected chi connectivity index (χ4v) is 2.40. The number of rotatable bonds is 2. The molecule has 0 spiro atoms. The Balaban J connectivity index is 2.27. The van der Waals surface area contributed by atoms with E-state index in [2.05, 4.69) is 33.8 Å². The highest BCUT2D eigenvalue weighted by Crippen LogP contribution is 2.26. The molecule has 0 bridgehead atoms. The second-order valence-electron chi connectivity index (χ2n) is 4.12. The molecule has 0 aliphatic carbocycles. The summed E-state index contributed by atoms with van der Waals surface area (Å²) in [5, 5.41) is 9.14. The number of nitriles is 1. The van der Waals surface area contributed by atoms with Gasteiger partial charge in [0.2, 0.25) is 0 Å². The van der Waals surface area contributed by atoms with Crippen LogP contribution < -0.4 is 4.90 Å². The lowest BCUT2D eigenvalue weighted by atomic mass is 10.1. The van der Waals surface area contributed by atoms with E-state index in [1.807, 2.05) is 18.2 Å². The van der Waals surface area contributed by atoms with Gasteiger partial charge in [-0.2, -0.15) is 5.26 Å². The van der Waals surface area contributed by atoms with Gasteiger partial charge in [-0.1, -0.05) is 22.9 Å². The van der Waals surface area contributed by atoms with Crippen molar-refractivity contribution in [2.45, 2.75) is 19.4 Å². The predicted octanol–water partition coefficient (Wildman–Crippen LogP) is 2.94. The molecule has 1 atom stereocenters. The Labute approximate surface area is 110 Å². The Morgan fingerprint density at radius 2 is 2.41 bits per heavy atom. The second-order valence-corrected chi connectivity index (χ2v) is 5.04. The van der Waals surface area contributed by atoms with Crippen molar-refractivity contribution in [3.05, 3.63) is 28.2 Å². The quantitative estimate of drug-likeness (QED) is 0.841. The van der Waals surface area contributed by atoms with E-state index >= 15 is 0 Å². The predicted molar refractivity (Wildman–Crippen MR) is 71.1 cm³/mol. The third-order valence-electron chi connectivity index (χ3n) is 3.02. The van der Waals surface area contributed by atoms with Crippen LogP contribution >= 0.6 is 15.9 Å². The molecule has 1 aromatic carbocycles. The summed E-state index contributed by atoms with van der Waals surface area (Å²) < 4.78 is 6.65. The lowest BCUT2D eigenvalue weighted by Gasteiger charge is -2.34. The maximum absolute atomic E-state index is 9.14. The van der Waals surface area contributed by atoms with E-state index in [0.717, 1.165) is 41.8 Å². The van der Waals surface area contributed by atoms with Crippen molar-refractivity contribution >= 4 is 21.6 Å². The summed E-state index contributed by atoms with van der Waals surface area (Å²) in [5.41, 5.74) is 1.73. The van der Waals surface area contributed by atoms with Gasteiger partial charge in [0.15, 0.2) is 0 Å². The first-order chi connectivity index (χ1) is 8.24. The lowest BCUT2D eigenvalue weighted by molar-refractivity contribution is 0.0384. The number of halogens is 1. The number of hydrogen-bond donors (Lipinski definition) is 0. The summed E-state index contributed by atoms with van der Waals surface area (Å²) in [6, 6.07) is 8.02. The van der Waals surface area contributed by atoms with Crippen LogP contribution in [0.3, 0.4) is 0 Å². The smallest absolute Gasteiger partial charge is 0.101 e. The zero-order valence-electron chi connectivity index (χ0n) is 9.82. The summed E-state index contributed by atoms with van der Waals surface area (Å²) in [6.07, 6.45) is 1.28. The highest BCUT2D eigenvalue weighted by molar-refractivity contribution is 9.10. The molecule has 17 heavy (non-hydrogen) atoms. The standard InChI is InChI=1S/C13H15BrN2O/c1-2-12-9-16(5-6-17-12)13-7-11(14)4-3-10(13)8-15/h3-4,7,12H,2,5-6,9H2,1H3. The summed E-state index contributed by atoms with van der Waals surface area (Å²) in [6.45, 7) is 4.57. The minimum absolute atomic E-state index is 0.272. The molecule has 0 N–H and O–H groups in total. The number of benzene rings is 1. The Morgan fingerprint density at radius 3 is 3.12 bits per heavy atom. The molecular weight excluding hydrogens is 280 g/mol. The van der Waals surface area contributed by atoms with Crippen molar-refractivity contribution in [1.29, 1.82) is 5.26 Å². The van der Waals surface area contributed by atoms with E-state index < -0.39 is 0 Å². The monoisotopic (exact) mass is 294 g/mol. The third-order valence-corrected chi connectivity index (χ3v) is 3.51. The van der Waals surface area contributed by atoms with Gasteiger partial charge in [0.1, 0.15) is 6.07 Å². The molecule has 0 aromatic heterocycles. The first-order valence-corrected chi connectivity index (χ1v) is 6.60. The Kier molecular flexibility index (Phi) is 4.03. The number of ether oxygens (including phenoxy) is 1. The van der Waals surface area contributed by atoms with Crippen LogP contribution in [0.5, 0.6) is 0 Å². The van der Waals surface area contributed by atoms with Gasteiger partial charge in [-0.15, -0.1) is 0 Å². The normalized spacial score (nSPS) is 20.1. The van der Waals surface area contributed by atoms with E-state index in [-0.39, 0.29) is 6.10 Å². The molecular formula is C13H15BrN2O. The van der Waals surface area contributed by atoms with Crippen molar-refractivity contribution < 1.29 is 4.74 Å². The minimum Gasteiger partial charge on any atom is -0.375 e. The molecule has 1 unspecified atom stereocenters. The molecule has 0 radical (unpaired) electrons. The van der Waals surface area contributed by atoms with Gasteiger partial charge >= 0.3 is 0 Å². The maximum atomic E-state index is 9.14. The molecule has 3 nitrogen and oxygen atoms in total. The van der Waals surface area contributed by atoms with Gasteiger partial charge in [-0.05, 0) is 24.6 Å². The maximum Gasteiger partial charge on any atom is 0.101 e. The van der Waals surface area contributed by atoms with E-state index in [1.165, 1.54) is 0 Å². The zero-order valence-corrected chi connectivity index (χ0v) is 11.4.